The first-order valence-electron chi connectivity index (χ1n) is 4.99. The van der Waals surface area contributed by atoms with E-state index in [0.717, 1.165) is 6.42 Å². The molecule has 2 nitrogen and oxygen atoms in total. The Labute approximate surface area is 87.0 Å². The van der Waals surface area contributed by atoms with Crippen molar-refractivity contribution in [3.63, 3.8) is 0 Å². The Balaban J connectivity index is 2.28. The van der Waals surface area contributed by atoms with Gasteiger partial charge in [-0.3, -0.25) is 0 Å². The van der Waals surface area contributed by atoms with E-state index >= 15 is 0 Å². The lowest BCUT2D eigenvalue weighted by Crippen LogP contribution is -2.31. The fourth-order valence-electron chi connectivity index (χ4n) is 1.84. The zero-order valence-electron chi connectivity index (χ0n) is 8.25. The standard InChI is InChI=1S/C11H13F2NO/c12-8-2-1-3-9(13)11(8)10-6-7(14)4-5-15-10/h1-3,7,10H,4-6,14H2. The lowest BCUT2D eigenvalue weighted by Gasteiger charge is -2.27. The van der Waals surface area contributed by atoms with Gasteiger partial charge in [0.25, 0.3) is 0 Å². The predicted molar refractivity (Wildman–Crippen MR) is 52.3 cm³/mol. The van der Waals surface area contributed by atoms with Crippen LogP contribution in [0.3, 0.4) is 0 Å². The molecule has 0 bridgehead atoms. The minimum Gasteiger partial charge on any atom is -0.373 e. The summed E-state index contributed by atoms with van der Waals surface area (Å²) in [6.45, 7) is 0.458. The molecule has 0 aliphatic carbocycles. The van der Waals surface area contributed by atoms with Gasteiger partial charge in [-0.2, -0.15) is 0 Å². The summed E-state index contributed by atoms with van der Waals surface area (Å²) >= 11 is 0. The summed E-state index contributed by atoms with van der Waals surface area (Å²) in [4.78, 5) is 0. The van der Waals surface area contributed by atoms with Crippen LogP contribution in [0.15, 0.2) is 18.2 Å². The first-order chi connectivity index (χ1) is 7.18. The second-order valence-corrected chi connectivity index (χ2v) is 3.78. The van der Waals surface area contributed by atoms with E-state index in [1.54, 1.807) is 0 Å². The average molecular weight is 213 g/mol. The largest absolute Gasteiger partial charge is 0.373 e. The normalized spacial score (nSPS) is 26.6. The third-order valence-corrected chi connectivity index (χ3v) is 2.65. The monoisotopic (exact) mass is 213 g/mol. The van der Waals surface area contributed by atoms with Crippen molar-refractivity contribution < 1.29 is 13.5 Å². The number of ether oxygens (including phenoxy) is 1. The Bertz CT molecular complexity index is 336. The number of rotatable bonds is 1. The van der Waals surface area contributed by atoms with Crippen molar-refractivity contribution >= 4 is 0 Å². The summed E-state index contributed by atoms with van der Waals surface area (Å²) in [5, 5.41) is 0. The first kappa shape index (κ1) is 10.5. The fourth-order valence-corrected chi connectivity index (χ4v) is 1.84. The van der Waals surface area contributed by atoms with Crippen molar-refractivity contribution in [3.05, 3.63) is 35.4 Å². The van der Waals surface area contributed by atoms with Crippen LogP contribution in [-0.2, 0) is 4.74 Å². The molecule has 1 aromatic carbocycles. The zero-order valence-corrected chi connectivity index (χ0v) is 8.25. The molecule has 15 heavy (non-hydrogen) atoms. The molecule has 2 unspecified atom stereocenters. The summed E-state index contributed by atoms with van der Waals surface area (Å²) < 4.78 is 32.1. The molecule has 4 heteroatoms. The molecule has 0 spiro atoms. The van der Waals surface area contributed by atoms with E-state index < -0.39 is 17.7 Å². The molecule has 1 fully saturated rings. The Kier molecular flexibility index (Phi) is 2.98. The van der Waals surface area contributed by atoms with Crippen molar-refractivity contribution in [2.24, 2.45) is 5.73 Å². The molecule has 2 atom stereocenters. The molecule has 1 saturated heterocycles. The number of nitrogens with two attached hydrogens (primary N) is 1. The van der Waals surface area contributed by atoms with Gasteiger partial charge in [0.05, 0.1) is 11.7 Å². The second-order valence-electron chi connectivity index (χ2n) is 3.78. The molecule has 0 amide bonds. The van der Waals surface area contributed by atoms with Gasteiger partial charge >= 0.3 is 0 Å². The van der Waals surface area contributed by atoms with Crippen LogP contribution in [0.1, 0.15) is 24.5 Å². The summed E-state index contributed by atoms with van der Waals surface area (Å²) in [5.74, 6) is -1.12. The van der Waals surface area contributed by atoms with Gasteiger partial charge in [-0.1, -0.05) is 6.07 Å². The van der Waals surface area contributed by atoms with Crippen molar-refractivity contribution in [2.45, 2.75) is 25.0 Å². The Morgan fingerprint density at radius 3 is 2.53 bits per heavy atom. The maximum atomic E-state index is 13.4. The first-order valence-corrected chi connectivity index (χ1v) is 4.99. The minimum absolute atomic E-state index is 0.00708. The van der Waals surface area contributed by atoms with E-state index in [-0.39, 0.29) is 11.6 Å². The summed E-state index contributed by atoms with van der Waals surface area (Å²) in [7, 11) is 0. The summed E-state index contributed by atoms with van der Waals surface area (Å²) in [6, 6.07) is 3.78. The van der Waals surface area contributed by atoms with Gasteiger partial charge in [-0.05, 0) is 25.0 Å². The highest BCUT2D eigenvalue weighted by molar-refractivity contribution is 5.22. The van der Waals surface area contributed by atoms with Crippen molar-refractivity contribution in [1.82, 2.24) is 0 Å². The third kappa shape index (κ3) is 2.16. The van der Waals surface area contributed by atoms with E-state index in [1.165, 1.54) is 18.2 Å². The molecule has 1 aromatic rings. The van der Waals surface area contributed by atoms with E-state index in [9.17, 15) is 8.78 Å². The molecule has 1 aliphatic heterocycles. The second kappa shape index (κ2) is 4.24. The predicted octanol–water partition coefficient (Wildman–Crippen LogP) is 2.14. The maximum absolute atomic E-state index is 13.4. The van der Waals surface area contributed by atoms with E-state index in [2.05, 4.69) is 0 Å². The van der Waals surface area contributed by atoms with Gasteiger partial charge in [-0.25, -0.2) is 8.78 Å². The Morgan fingerprint density at radius 2 is 1.93 bits per heavy atom. The van der Waals surface area contributed by atoms with Gasteiger partial charge in [0, 0.05) is 12.6 Å². The highest BCUT2D eigenvalue weighted by Crippen LogP contribution is 2.30. The average Bonchev–Trinajstić information content (AvgIpc) is 2.17. The minimum atomic E-state index is -0.561. The fraction of sp³-hybridized carbons (Fsp3) is 0.455. The van der Waals surface area contributed by atoms with E-state index in [0.29, 0.717) is 13.0 Å². The Morgan fingerprint density at radius 1 is 1.27 bits per heavy atom. The van der Waals surface area contributed by atoms with Crippen LogP contribution < -0.4 is 5.73 Å². The molecule has 1 heterocycles. The van der Waals surface area contributed by atoms with Crippen LogP contribution in [0, 0.1) is 11.6 Å². The van der Waals surface area contributed by atoms with Gasteiger partial charge < -0.3 is 10.5 Å². The molecule has 2 rings (SSSR count). The third-order valence-electron chi connectivity index (χ3n) is 2.65. The summed E-state index contributed by atoms with van der Waals surface area (Å²) in [5.41, 5.74) is 5.74. The number of hydrogen-bond donors (Lipinski definition) is 1. The lowest BCUT2D eigenvalue weighted by molar-refractivity contribution is 0.00253. The van der Waals surface area contributed by atoms with Crippen molar-refractivity contribution in [2.75, 3.05) is 6.61 Å². The maximum Gasteiger partial charge on any atom is 0.131 e. The molecule has 2 N–H and O–H groups in total. The number of hydrogen-bond acceptors (Lipinski definition) is 2. The van der Waals surface area contributed by atoms with Crippen LogP contribution in [0.4, 0.5) is 8.78 Å². The van der Waals surface area contributed by atoms with Crippen LogP contribution in [0.2, 0.25) is 0 Å². The molecule has 0 aromatic heterocycles. The van der Waals surface area contributed by atoms with Gasteiger partial charge in [0.15, 0.2) is 0 Å². The Hall–Kier alpha value is -1.00. The van der Waals surface area contributed by atoms with Crippen molar-refractivity contribution in [3.8, 4) is 0 Å². The smallest absolute Gasteiger partial charge is 0.131 e. The zero-order chi connectivity index (χ0) is 10.8. The van der Waals surface area contributed by atoms with Crippen LogP contribution in [0.25, 0.3) is 0 Å². The van der Waals surface area contributed by atoms with Gasteiger partial charge in [-0.15, -0.1) is 0 Å². The van der Waals surface area contributed by atoms with Gasteiger partial charge in [0.2, 0.25) is 0 Å². The topological polar surface area (TPSA) is 35.2 Å². The SMILES string of the molecule is NC1CCOC(c2c(F)cccc2F)C1. The van der Waals surface area contributed by atoms with E-state index in [1.807, 2.05) is 0 Å². The molecule has 1 aliphatic rings. The summed E-state index contributed by atoms with van der Waals surface area (Å²) in [6.07, 6.45) is 0.666. The van der Waals surface area contributed by atoms with Crippen LogP contribution >= 0.6 is 0 Å². The number of halogens is 2. The van der Waals surface area contributed by atoms with Gasteiger partial charge in [0.1, 0.15) is 11.6 Å². The van der Waals surface area contributed by atoms with E-state index in [4.69, 9.17) is 10.5 Å². The lowest BCUT2D eigenvalue weighted by atomic mass is 9.97. The number of benzene rings is 1. The highest BCUT2D eigenvalue weighted by atomic mass is 19.1. The molecular formula is C11H13F2NO. The molecular weight excluding hydrogens is 200 g/mol. The highest BCUT2D eigenvalue weighted by Gasteiger charge is 2.26. The molecule has 0 radical (unpaired) electrons. The molecule has 0 saturated carbocycles. The van der Waals surface area contributed by atoms with Crippen molar-refractivity contribution in [1.29, 1.82) is 0 Å². The molecule has 82 valence electrons. The van der Waals surface area contributed by atoms with Crippen LogP contribution in [0.5, 0.6) is 0 Å². The van der Waals surface area contributed by atoms with Crippen LogP contribution in [-0.4, -0.2) is 12.6 Å². The quantitative estimate of drug-likeness (QED) is 0.775.